The number of nitrogens with one attached hydrogen (secondary N) is 2. The highest BCUT2D eigenvalue weighted by Gasteiger charge is 2.53. The van der Waals surface area contributed by atoms with E-state index in [2.05, 4.69) is 20.7 Å². The van der Waals surface area contributed by atoms with Crippen LogP contribution in [0.1, 0.15) is 27.0 Å². The molecule has 2 heterocycles. The highest BCUT2D eigenvalue weighted by molar-refractivity contribution is 7.80. The number of aromatic hydroxyl groups is 2. The van der Waals surface area contributed by atoms with Crippen molar-refractivity contribution in [3.8, 4) is 23.0 Å². The average molecular weight is 828 g/mol. The SMILES string of the molecule is [N-]=[N+]=NCCOCCOCCOCCOCCOCCOCCOCCOCCNC(=S)Nc1ccc2c(c1)C(=O)OC21c2ccc(O)cc2Oc2cc(O)ccc21. The summed E-state index contributed by atoms with van der Waals surface area (Å²) < 4.78 is 55.8. The van der Waals surface area contributed by atoms with Crippen LogP contribution < -0.4 is 15.4 Å². The largest absolute Gasteiger partial charge is 0.508 e. The molecule has 0 unspecified atom stereocenters. The van der Waals surface area contributed by atoms with Gasteiger partial charge >= 0.3 is 5.97 Å². The maximum absolute atomic E-state index is 13.3. The summed E-state index contributed by atoms with van der Waals surface area (Å²) in [4.78, 5) is 16.0. The predicted octanol–water partition coefficient (Wildman–Crippen LogP) is 4.40. The van der Waals surface area contributed by atoms with Gasteiger partial charge in [-0.25, -0.2) is 4.79 Å². The molecule has 18 nitrogen and oxygen atoms in total. The van der Waals surface area contributed by atoms with E-state index in [-0.39, 0.29) is 11.5 Å². The van der Waals surface area contributed by atoms with Crippen LogP contribution in [-0.4, -0.2) is 140 Å². The van der Waals surface area contributed by atoms with Gasteiger partial charge in [0.15, 0.2) is 10.7 Å². The van der Waals surface area contributed by atoms with Gasteiger partial charge in [0, 0.05) is 52.5 Å². The fraction of sp³-hybridized carbons (Fsp3) is 0.487. The molecular weight excluding hydrogens is 779 g/mol. The number of fused-ring (bicyclic) bond motifs is 6. The average Bonchev–Trinajstić information content (AvgIpc) is 3.49. The van der Waals surface area contributed by atoms with Crippen molar-refractivity contribution in [1.29, 1.82) is 0 Å². The second-order valence-electron chi connectivity index (χ2n) is 12.5. The number of ether oxygens (including phenoxy) is 10. The zero-order valence-electron chi connectivity index (χ0n) is 32.1. The molecule has 0 saturated carbocycles. The maximum Gasteiger partial charge on any atom is 0.340 e. The summed E-state index contributed by atoms with van der Waals surface area (Å²) in [5.41, 5.74) is 9.45. The number of nitrogens with zero attached hydrogens (tertiary/aromatic N) is 3. The number of carbonyl (C=O) groups excluding carboxylic acids is 1. The summed E-state index contributed by atoms with van der Waals surface area (Å²) in [6, 6.07) is 14.5. The van der Waals surface area contributed by atoms with Gasteiger partial charge in [-0.1, -0.05) is 11.2 Å². The third-order valence-electron chi connectivity index (χ3n) is 8.57. The number of thiocarbonyl (C=S) groups is 1. The van der Waals surface area contributed by atoms with Crippen LogP contribution in [0.15, 0.2) is 59.7 Å². The van der Waals surface area contributed by atoms with Crippen molar-refractivity contribution in [2.75, 3.05) is 124 Å². The molecule has 0 fully saturated rings. The second kappa shape index (κ2) is 24.2. The molecule has 314 valence electrons. The van der Waals surface area contributed by atoms with Crippen molar-refractivity contribution >= 4 is 29.0 Å². The smallest absolute Gasteiger partial charge is 0.340 e. The molecule has 3 aromatic rings. The molecule has 5 rings (SSSR count). The number of esters is 1. The lowest BCUT2D eigenvalue weighted by Gasteiger charge is -2.36. The van der Waals surface area contributed by atoms with Crippen LogP contribution in [0.3, 0.4) is 0 Å². The van der Waals surface area contributed by atoms with Gasteiger partial charge in [0.1, 0.15) is 23.0 Å². The van der Waals surface area contributed by atoms with E-state index in [0.29, 0.717) is 163 Å². The molecule has 0 atom stereocenters. The lowest BCUT2D eigenvalue weighted by Crippen LogP contribution is -2.33. The topological polar surface area (TPSA) is 223 Å². The second-order valence-corrected chi connectivity index (χ2v) is 12.9. The van der Waals surface area contributed by atoms with E-state index in [1.807, 2.05) is 0 Å². The molecule has 1 spiro atoms. The number of hydrogen-bond donors (Lipinski definition) is 4. The first-order valence-corrected chi connectivity index (χ1v) is 19.2. The minimum Gasteiger partial charge on any atom is -0.508 e. The Balaban J connectivity index is 0.848. The summed E-state index contributed by atoms with van der Waals surface area (Å²) in [7, 11) is 0. The Kier molecular flexibility index (Phi) is 18.5. The van der Waals surface area contributed by atoms with Gasteiger partial charge in [0.25, 0.3) is 0 Å². The number of carbonyl (C=O) groups is 1. The number of phenols is 2. The number of azide groups is 1. The monoisotopic (exact) mass is 827 g/mol. The fourth-order valence-electron chi connectivity index (χ4n) is 5.99. The molecule has 2 aliphatic heterocycles. The van der Waals surface area contributed by atoms with Crippen molar-refractivity contribution in [3.05, 3.63) is 87.3 Å². The molecule has 19 heteroatoms. The predicted molar refractivity (Wildman–Crippen MR) is 213 cm³/mol. The van der Waals surface area contributed by atoms with Gasteiger partial charge < -0.3 is 68.2 Å². The number of hydrogen-bond acceptors (Lipinski definition) is 15. The maximum atomic E-state index is 13.3. The molecule has 4 N–H and O–H groups in total. The summed E-state index contributed by atoms with van der Waals surface area (Å²) in [5.74, 6) is 0.0575. The van der Waals surface area contributed by atoms with Crippen LogP contribution in [0.25, 0.3) is 10.4 Å². The summed E-state index contributed by atoms with van der Waals surface area (Å²) in [5, 5.41) is 30.2. The van der Waals surface area contributed by atoms with E-state index in [0.717, 1.165) is 0 Å². The van der Waals surface area contributed by atoms with E-state index < -0.39 is 11.6 Å². The minimum atomic E-state index is -1.33. The Hall–Kier alpha value is -4.79. The van der Waals surface area contributed by atoms with E-state index >= 15 is 0 Å². The zero-order valence-corrected chi connectivity index (χ0v) is 32.9. The number of phenolic OH excluding ortho intramolecular Hbond substituents is 2. The normalized spacial score (nSPS) is 13.2. The van der Waals surface area contributed by atoms with Crippen molar-refractivity contribution in [1.82, 2.24) is 5.32 Å². The third-order valence-corrected chi connectivity index (χ3v) is 8.81. The Bertz CT molecular complexity index is 1780. The van der Waals surface area contributed by atoms with Gasteiger partial charge in [0.2, 0.25) is 0 Å². The number of benzene rings is 3. The fourth-order valence-corrected chi connectivity index (χ4v) is 6.21. The lowest BCUT2D eigenvalue weighted by atomic mass is 9.77. The molecule has 0 aromatic heterocycles. The molecule has 0 bridgehead atoms. The highest BCUT2D eigenvalue weighted by atomic mass is 32.1. The van der Waals surface area contributed by atoms with Gasteiger partial charge in [0.05, 0.1) is 111 Å². The first-order chi connectivity index (χ1) is 28.4. The Morgan fingerprint density at radius 1 is 0.655 bits per heavy atom. The van der Waals surface area contributed by atoms with Crippen LogP contribution in [0.2, 0.25) is 0 Å². The molecule has 0 amide bonds. The first kappa shape index (κ1) is 44.3. The van der Waals surface area contributed by atoms with Gasteiger partial charge in [-0.05, 0) is 54.1 Å². The zero-order chi connectivity index (χ0) is 40.8. The molecule has 0 saturated heterocycles. The van der Waals surface area contributed by atoms with Gasteiger partial charge in [-0.2, -0.15) is 0 Å². The quantitative estimate of drug-likeness (QED) is 0.0199. The van der Waals surface area contributed by atoms with E-state index in [1.54, 1.807) is 30.3 Å². The summed E-state index contributed by atoms with van der Waals surface area (Å²) in [6.07, 6.45) is 0. The highest BCUT2D eigenvalue weighted by Crippen LogP contribution is 2.57. The standard InChI is InChI=1S/C39H49N5O13S/c40-44-42-8-10-49-12-14-51-16-18-53-20-22-55-24-23-54-21-19-52-17-15-50-13-11-48-9-7-41-38(58)43-28-1-4-32-31(25-28)37(47)57-39(32)33-5-2-29(45)26-35(33)56-36-27-30(46)3-6-34(36)39/h1-6,25-27,45-46H,7-24H2,(H2,41,43,58). The Morgan fingerprint density at radius 3 is 1.59 bits per heavy atom. The van der Waals surface area contributed by atoms with E-state index in [1.165, 1.54) is 24.3 Å². The third kappa shape index (κ3) is 13.1. The van der Waals surface area contributed by atoms with Crippen LogP contribution in [0, 0.1) is 0 Å². The summed E-state index contributed by atoms with van der Waals surface area (Å²) in [6.45, 7) is 7.86. The Morgan fingerprint density at radius 2 is 1.10 bits per heavy atom. The number of rotatable bonds is 28. The minimum absolute atomic E-state index is 0.0135. The molecule has 0 radical (unpaired) electrons. The van der Waals surface area contributed by atoms with Crippen molar-refractivity contribution in [2.45, 2.75) is 5.60 Å². The lowest BCUT2D eigenvalue weighted by molar-refractivity contribution is -0.0228. The Labute approximate surface area is 341 Å². The van der Waals surface area contributed by atoms with Crippen LogP contribution in [0.4, 0.5) is 5.69 Å². The summed E-state index contributed by atoms with van der Waals surface area (Å²) >= 11 is 5.46. The van der Waals surface area contributed by atoms with Gasteiger partial charge in [-0.3, -0.25) is 0 Å². The molecule has 2 aliphatic rings. The van der Waals surface area contributed by atoms with Gasteiger partial charge in [-0.15, -0.1) is 0 Å². The van der Waals surface area contributed by atoms with E-state index in [4.69, 9.17) is 65.1 Å². The number of anilines is 1. The van der Waals surface area contributed by atoms with Crippen LogP contribution in [0.5, 0.6) is 23.0 Å². The molecule has 58 heavy (non-hydrogen) atoms. The molecular formula is C39H49N5O13S. The molecule has 0 aliphatic carbocycles. The van der Waals surface area contributed by atoms with Crippen molar-refractivity contribution in [3.63, 3.8) is 0 Å². The van der Waals surface area contributed by atoms with E-state index in [9.17, 15) is 15.0 Å². The molecule has 3 aromatic carbocycles. The first-order valence-electron chi connectivity index (χ1n) is 18.8. The van der Waals surface area contributed by atoms with Crippen molar-refractivity contribution in [2.24, 2.45) is 5.11 Å². The van der Waals surface area contributed by atoms with Crippen LogP contribution in [-0.2, 0) is 48.2 Å². The van der Waals surface area contributed by atoms with Crippen LogP contribution >= 0.6 is 12.2 Å². The van der Waals surface area contributed by atoms with Crippen molar-refractivity contribution < 1.29 is 62.4 Å².